The van der Waals surface area contributed by atoms with Crippen LogP contribution in [0.1, 0.15) is 5.56 Å². The maximum atomic E-state index is 11.9. The molecule has 0 saturated carbocycles. The minimum Gasteiger partial charge on any atom is -0.289 e. The number of hydrogen-bond acceptors (Lipinski definition) is 3. The average molecular weight is 311 g/mol. The molecule has 0 unspecified atom stereocenters. The Hall–Kier alpha value is -1.07. The van der Waals surface area contributed by atoms with Gasteiger partial charge in [-0.05, 0) is 30.0 Å². The van der Waals surface area contributed by atoms with Crippen LogP contribution in [0.4, 0.5) is 0 Å². The zero-order valence-corrected chi connectivity index (χ0v) is 11.9. The number of thioether (sulfide) groups is 1. The van der Waals surface area contributed by atoms with Gasteiger partial charge in [0.25, 0.3) is 5.91 Å². The zero-order valence-electron chi connectivity index (χ0n) is 9.48. The number of rotatable bonds is 1. The van der Waals surface area contributed by atoms with Crippen molar-refractivity contribution < 1.29 is 4.79 Å². The molecule has 1 aromatic carbocycles. The molecule has 17 heavy (non-hydrogen) atoms. The second-order valence-corrected chi connectivity index (χ2v) is 5.23. The molecule has 3 nitrogen and oxygen atoms in total. The smallest absolute Gasteiger partial charge is 0.278 e. The number of amidine groups is 1. The SMILES string of the molecule is CSC1=N/C(=C\c2ccc(Br)cc2)C(=O)N1C. The third-order valence-corrected chi connectivity index (χ3v) is 3.64. The second-order valence-electron chi connectivity index (χ2n) is 3.54. The number of carbonyl (C=O) groups is 1. The van der Waals surface area contributed by atoms with Crippen LogP contribution in [0.2, 0.25) is 0 Å². The lowest BCUT2D eigenvalue weighted by molar-refractivity contribution is -0.121. The van der Waals surface area contributed by atoms with Crippen molar-refractivity contribution in [3.05, 3.63) is 40.0 Å². The van der Waals surface area contributed by atoms with Crippen LogP contribution in [-0.2, 0) is 4.79 Å². The Morgan fingerprint density at radius 3 is 2.53 bits per heavy atom. The van der Waals surface area contributed by atoms with Gasteiger partial charge in [0, 0.05) is 11.5 Å². The Morgan fingerprint density at radius 2 is 2.00 bits per heavy atom. The highest BCUT2D eigenvalue weighted by molar-refractivity contribution is 9.10. The third-order valence-electron chi connectivity index (χ3n) is 2.38. The number of aliphatic imine (C=N–C) groups is 1. The van der Waals surface area contributed by atoms with E-state index in [1.165, 1.54) is 11.8 Å². The summed E-state index contributed by atoms with van der Waals surface area (Å²) in [6.45, 7) is 0. The number of hydrogen-bond donors (Lipinski definition) is 0. The summed E-state index contributed by atoms with van der Waals surface area (Å²) in [5.41, 5.74) is 1.45. The summed E-state index contributed by atoms with van der Waals surface area (Å²) in [5.74, 6) is -0.0581. The van der Waals surface area contributed by atoms with E-state index in [1.807, 2.05) is 30.5 Å². The summed E-state index contributed by atoms with van der Waals surface area (Å²) in [7, 11) is 1.74. The summed E-state index contributed by atoms with van der Waals surface area (Å²) in [6.07, 6.45) is 3.71. The van der Waals surface area contributed by atoms with Gasteiger partial charge in [-0.1, -0.05) is 39.8 Å². The van der Waals surface area contributed by atoms with Crippen molar-refractivity contribution in [1.82, 2.24) is 4.90 Å². The molecule has 0 saturated heterocycles. The first-order valence-corrected chi connectivity index (χ1v) is 7.01. The molecule has 0 aromatic heterocycles. The Morgan fingerprint density at radius 1 is 1.35 bits per heavy atom. The van der Waals surface area contributed by atoms with Crippen LogP contribution in [0.3, 0.4) is 0 Å². The van der Waals surface area contributed by atoms with Gasteiger partial charge in [0.15, 0.2) is 5.17 Å². The molecule has 5 heteroatoms. The lowest BCUT2D eigenvalue weighted by atomic mass is 10.2. The predicted octanol–water partition coefficient (Wildman–Crippen LogP) is 2.98. The molecule has 1 amide bonds. The Labute approximate surface area is 113 Å². The van der Waals surface area contributed by atoms with Crippen molar-refractivity contribution in [2.75, 3.05) is 13.3 Å². The topological polar surface area (TPSA) is 32.7 Å². The largest absolute Gasteiger partial charge is 0.289 e. The number of amides is 1. The van der Waals surface area contributed by atoms with E-state index in [9.17, 15) is 4.79 Å². The molecule has 0 radical (unpaired) electrons. The maximum Gasteiger partial charge on any atom is 0.278 e. The Kier molecular flexibility index (Phi) is 3.69. The average Bonchev–Trinajstić information content (AvgIpc) is 2.60. The van der Waals surface area contributed by atoms with E-state index in [0.717, 1.165) is 15.2 Å². The molecule has 1 aliphatic heterocycles. The molecule has 0 N–H and O–H groups in total. The fourth-order valence-electron chi connectivity index (χ4n) is 1.48. The molecule has 1 aliphatic rings. The zero-order chi connectivity index (χ0) is 12.4. The van der Waals surface area contributed by atoms with Crippen LogP contribution < -0.4 is 0 Å². The van der Waals surface area contributed by atoms with Gasteiger partial charge in [0.2, 0.25) is 0 Å². The van der Waals surface area contributed by atoms with E-state index in [-0.39, 0.29) is 5.91 Å². The first-order chi connectivity index (χ1) is 8.11. The number of nitrogens with zero attached hydrogens (tertiary/aromatic N) is 2. The minimum atomic E-state index is -0.0581. The van der Waals surface area contributed by atoms with Crippen molar-refractivity contribution in [2.24, 2.45) is 4.99 Å². The molecule has 0 aliphatic carbocycles. The summed E-state index contributed by atoms with van der Waals surface area (Å²) >= 11 is 4.84. The molecule has 2 rings (SSSR count). The van der Waals surface area contributed by atoms with Crippen molar-refractivity contribution in [1.29, 1.82) is 0 Å². The van der Waals surface area contributed by atoms with E-state index in [2.05, 4.69) is 20.9 Å². The van der Waals surface area contributed by atoms with Crippen LogP contribution in [-0.4, -0.2) is 29.3 Å². The third kappa shape index (κ3) is 2.61. The monoisotopic (exact) mass is 310 g/mol. The first-order valence-electron chi connectivity index (χ1n) is 5.00. The van der Waals surface area contributed by atoms with Crippen LogP contribution >= 0.6 is 27.7 Å². The van der Waals surface area contributed by atoms with Crippen LogP contribution in [0.15, 0.2) is 39.4 Å². The fourth-order valence-corrected chi connectivity index (χ4v) is 2.29. The molecule has 0 bridgehead atoms. The first kappa shape index (κ1) is 12.4. The van der Waals surface area contributed by atoms with Crippen LogP contribution in [0.25, 0.3) is 6.08 Å². The molecule has 1 heterocycles. The molecule has 0 atom stereocenters. The quantitative estimate of drug-likeness (QED) is 0.747. The molecule has 88 valence electrons. The van der Waals surface area contributed by atoms with Gasteiger partial charge in [-0.3, -0.25) is 9.69 Å². The van der Waals surface area contributed by atoms with Crippen molar-refractivity contribution in [2.45, 2.75) is 0 Å². The molecular weight excluding hydrogens is 300 g/mol. The van der Waals surface area contributed by atoms with Gasteiger partial charge in [-0.2, -0.15) is 0 Å². The van der Waals surface area contributed by atoms with Gasteiger partial charge < -0.3 is 0 Å². The normalized spacial score (nSPS) is 17.8. The standard InChI is InChI=1S/C12H11BrN2OS/c1-15-11(16)10(14-12(15)17-2)7-8-3-5-9(13)6-4-8/h3-7H,1-2H3/b10-7-. The predicted molar refractivity (Wildman–Crippen MR) is 75.8 cm³/mol. The van der Waals surface area contributed by atoms with Crippen molar-refractivity contribution in [3.8, 4) is 0 Å². The number of benzene rings is 1. The van der Waals surface area contributed by atoms with Gasteiger partial charge >= 0.3 is 0 Å². The number of likely N-dealkylation sites (N-methyl/N-ethyl adjacent to an activating group) is 1. The maximum absolute atomic E-state index is 11.9. The van der Waals surface area contributed by atoms with E-state index in [0.29, 0.717) is 5.70 Å². The second kappa shape index (κ2) is 5.06. The highest BCUT2D eigenvalue weighted by Gasteiger charge is 2.25. The van der Waals surface area contributed by atoms with E-state index in [1.54, 1.807) is 18.0 Å². The summed E-state index contributed by atoms with van der Waals surface area (Å²) in [5, 5.41) is 0.735. The minimum absolute atomic E-state index is 0.0581. The Bertz CT molecular complexity index is 508. The molecule has 0 spiro atoms. The molecule has 1 aromatic rings. The lowest BCUT2D eigenvalue weighted by Crippen LogP contribution is -2.25. The molecule has 0 fully saturated rings. The van der Waals surface area contributed by atoms with E-state index in [4.69, 9.17) is 0 Å². The van der Waals surface area contributed by atoms with Crippen molar-refractivity contribution in [3.63, 3.8) is 0 Å². The summed E-state index contributed by atoms with van der Waals surface area (Å²) < 4.78 is 1.02. The number of halogens is 1. The summed E-state index contributed by atoms with van der Waals surface area (Å²) in [4.78, 5) is 17.7. The Balaban J connectivity index is 2.32. The van der Waals surface area contributed by atoms with Crippen LogP contribution in [0, 0.1) is 0 Å². The van der Waals surface area contributed by atoms with Crippen LogP contribution in [0.5, 0.6) is 0 Å². The van der Waals surface area contributed by atoms with E-state index >= 15 is 0 Å². The van der Waals surface area contributed by atoms with Gasteiger partial charge in [0.05, 0.1) is 0 Å². The van der Waals surface area contributed by atoms with E-state index < -0.39 is 0 Å². The highest BCUT2D eigenvalue weighted by atomic mass is 79.9. The fraction of sp³-hybridized carbons (Fsp3) is 0.167. The molecular formula is C12H11BrN2OS. The lowest BCUT2D eigenvalue weighted by Gasteiger charge is -2.07. The van der Waals surface area contributed by atoms with Gasteiger partial charge in [-0.15, -0.1) is 0 Å². The summed E-state index contributed by atoms with van der Waals surface area (Å²) in [6, 6.07) is 7.76. The van der Waals surface area contributed by atoms with Crippen molar-refractivity contribution >= 4 is 44.8 Å². The number of carbonyl (C=O) groups excluding carboxylic acids is 1. The van der Waals surface area contributed by atoms with Gasteiger partial charge in [-0.25, -0.2) is 4.99 Å². The van der Waals surface area contributed by atoms with Gasteiger partial charge in [0.1, 0.15) is 5.70 Å². The highest BCUT2D eigenvalue weighted by Crippen LogP contribution is 2.21.